The number of hydrogen-bond acceptors (Lipinski definition) is 1. The second kappa shape index (κ2) is 3.09. The Kier molecular flexibility index (Phi) is 3.03. The van der Waals surface area contributed by atoms with Gasteiger partial charge in [-0.05, 0) is 0 Å². The third-order valence-corrected chi connectivity index (χ3v) is 0.293. The Morgan fingerprint density at radius 2 is 2.17 bits per heavy atom. The average Bonchev–Trinajstić information content (AvgIpc) is 1.35. The molecule has 0 aliphatic carbocycles. The van der Waals surface area contributed by atoms with E-state index in [0.717, 1.165) is 0 Å². The molecule has 0 N–H and O–H groups in total. The summed E-state index contributed by atoms with van der Waals surface area (Å²) in [6.07, 6.45) is 0. The number of ether oxygens (including phenoxy) is 1. The van der Waals surface area contributed by atoms with Crippen LogP contribution in [0.1, 0.15) is 0 Å². The van der Waals surface area contributed by atoms with Crippen LogP contribution in [0.2, 0.25) is 0 Å². The maximum absolute atomic E-state index is 10.9. The van der Waals surface area contributed by atoms with Crippen LogP contribution >= 0.6 is 0 Å². The molecule has 0 aromatic rings. The molecule has 0 aliphatic heterocycles. The van der Waals surface area contributed by atoms with Crippen LogP contribution in [0.25, 0.3) is 0 Å². The zero-order valence-electron chi connectivity index (χ0n) is 3.45. The summed E-state index contributed by atoms with van der Waals surface area (Å²) in [6, 6.07) is 0. The lowest BCUT2D eigenvalue weighted by Gasteiger charge is -1.85. The monoisotopic (exact) mass is 94.0 g/mol. The molecule has 0 saturated heterocycles. The number of methoxy groups -OCH3 is 1. The standard InChI is InChI=1S/C2H5BF2O/c1-6-2-3(4)5/h2H2,1H3. The van der Waals surface area contributed by atoms with E-state index in [4.69, 9.17) is 0 Å². The highest BCUT2D eigenvalue weighted by atomic mass is 19.2. The van der Waals surface area contributed by atoms with Gasteiger partial charge in [0, 0.05) is 7.11 Å². The third-order valence-electron chi connectivity index (χ3n) is 0.293. The summed E-state index contributed by atoms with van der Waals surface area (Å²) in [5, 5.41) is 0. The van der Waals surface area contributed by atoms with Crippen molar-refractivity contribution in [2.24, 2.45) is 0 Å². The molecule has 6 heavy (non-hydrogen) atoms. The highest BCUT2D eigenvalue weighted by molar-refractivity contribution is 6.42. The van der Waals surface area contributed by atoms with Gasteiger partial charge in [0.1, 0.15) is 0 Å². The Balaban J connectivity index is 2.63. The molecule has 0 heterocycles. The quantitative estimate of drug-likeness (QED) is 0.455. The van der Waals surface area contributed by atoms with E-state index in [1.807, 2.05) is 0 Å². The van der Waals surface area contributed by atoms with Crippen LogP contribution in [0.4, 0.5) is 8.63 Å². The minimum absolute atomic E-state index is 0.458. The first-order valence-corrected chi connectivity index (χ1v) is 1.54. The van der Waals surface area contributed by atoms with Crippen LogP contribution in [0.3, 0.4) is 0 Å². The molecule has 0 amide bonds. The molecular formula is C2H5BF2O. The SMILES string of the molecule is COCB(F)F. The van der Waals surface area contributed by atoms with Crippen molar-refractivity contribution in [1.82, 2.24) is 0 Å². The molecule has 4 heteroatoms. The van der Waals surface area contributed by atoms with Gasteiger partial charge in [-0.3, -0.25) is 8.63 Å². The molecule has 0 rings (SSSR count). The Morgan fingerprint density at radius 1 is 1.67 bits per heavy atom. The Labute approximate surface area is 35.5 Å². The van der Waals surface area contributed by atoms with Crippen molar-refractivity contribution in [2.45, 2.75) is 0 Å². The molecule has 0 fully saturated rings. The summed E-state index contributed by atoms with van der Waals surface area (Å²) in [4.78, 5) is 0. The van der Waals surface area contributed by atoms with E-state index in [0.29, 0.717) is 0 Å². The molecule has 0 unspecified atom stereocenters. The maximum Gasteiger partial charge on any atom is 0.563 e. The van der Waals surface area contributed by atoms with Gasteiger partial charge in [0.15, 0.2) is 0 Å². The lowest BCUT2D eigenvalue weighted by molar-refractivity contribution is 0.235. The summed E-state index contributed by atoms with van der Waals surface area (Å²) in [5.41, 5.74) is 0. The van der Waals surface area contributed by atoms with Gasteiger partial charge in [-0.2, -0.15) is 0 Å². The largest absolute Gasteiger partial charge is 0.563 e. The molecule has 0 spiro atoms. The highest BCUT2D eigenvalue weighted by Crippen LogP contribution is 1.82. The molecule has 0 atom stereocenters. The van der Waals surface area contributed by atoms with Crippen LogP contribution in [-0.4, -0.2) is 20.9 Å². The zero-order valence-corrected chi connectivity index (χ0v) is 3.45. The average molecular weight is 93.9 g/mol. The molecule has 0 aromatic carbocycles. The van der Waals surface area contributed by atoms with Crippen LogP contribution in [0.15, 0.2) is 0 Å². The second-order valence-corrected chi connectivity index (χ2v) is 0.846. The van der Waals surface area contributed by atoms with Gasteiger partial charge in [-0.1, -0.05) is 0 Å². The van der Waals surface area contributed by atoms with Crippen molar-refractivity contribution < 1.29 is 13.4 Å². The van der Waals surface area contributed by atoms with E-state index in [-0.39, 0.29) is 0 Å². The lowest BCUT2D eigenvalue weighted by Crippen LogP contribution is -2.05. The predicted octanol–water partition coefficient (Wildman–Crippen LogP) is 0.599. The number of rotatable bonds is 2. The maximum atomic E-state index is 10.9. The lowest BCUT2D eigenvalue weighted by atomic mass is 10.0. The minimum atomic E-state index is -2.32. The molecule has 0 aromatic heterocycles. The summed E-state index contributed by atoms with van der Waals surface area (Å²) < 4.78 is 25.9. The Hall–Kier alpha value is -0.115. The Morgan fingerprint density at radius 3 is 2.17 bits per heavy atom. The molecule has 0 bridgehead atoms. The first kappa shape index (κ1) is 5.88. The van der Waals surface area contributed by atoms with Crippen molar-refractivity contribution in [2.75, 3.05) is 13.6 Å². The van der Waals surface area contributed by atoms with Gasteiger partial charge >= 0.3 is 7.27 Å². The van der Waals surface area contributed by atoms with Crippen molar-refractivity contribution in [3.05, 3.63) is 0 Å². The first-order chi connectivity index (χ1) is 2.77. The van der Waals surface area contributed by atoms with Crippen molar-refractivity contribution in [3.63, 3.8) is 0 Å². The smallest absolute Gasteiger partial charge is 0.386 e. The number of halogens is 2. The fourth-order valence-corrected chi connectivity index (χ4v) is 0.126. The predicted molar refractivity (Wildman–Crippen MR) is 19.8 cm³/mol. The second-order valence-electron chi connectivity index (χ2n) is 0.846. The van der Waals surface area contributed by atoms with E-state index in [1.54, 1.807) is 0 Å². The normalized spacial score (nSPS) is 8.50. The fourth-order valence-electron chi connectivity index (χ4n) is 0.126. The van der Waals surface area contributed by atoms with E-state index in [1.165, 1.54) is 7.11 Å². The van der Waals surface area contributed by atoms with E-state index in [9.17, 15) is 8.63 Å². The van der Waals surface area contributed by atoms with Gasteiger partial charge in [-0.25, -0.2) is 0 Å². The molecule has 1 nitrogen and oxygen atoms in total. The first-order valence-electron chi connectivity index (χ1n) is 1.54. The van der Waals surface area contributed by atoms with E-state index in [2.05, 4.69) is 4.74 Å². The summed E-state index contributed by atoms with van der Waals surface area (Å²) >= 11 is 0. The van der Waals surface area contributed by atoms with Crippen LogP contribution in [-0.2, 0) is 4.74 Å². The van der Waals surface area contributed by atoms with E-state index >= 15 is 0 Å². The van der Waals surface area contributed by atoms with Crippen molar-refractivity contribution in [1.29, 1.82) is 0 Å². The zero-order chi connectivity index (χ0) is 4.99. The third kappa shape index (κ3) is 3.88. The molecular weight excluding hydrogens is 88.8 g/mol. The summed E-state index contributed by atoms with van der Waals surface area (Å²) in [7, 11) is -1.08. The van der Waals surface area contributed by atoms with E-state index < -0.39 is 13.8 Å². The number of hydrogen-bond donors (Lipinski definition) is 0. The Bertz CT molecular complexity index is 32.7. The molecule has 0 aliphatic rings. The van der Waals surface area contributed by atoms with Crippen LogP contribution in [0, 0.1) is 0 Å². The van der Waals surface area contributed by atoms with Crippen molar-refractivity contribution in [3.8, 4) is 0 Å². The fraction of sp³-hybridized carbons (Fsp3) is 1.00. The topological polar surface area (TPSA) is 9.23 Å². The van der Waals surface area contributed by atoms with Crippen molar-refractivity contribution >= 4 is 7.27 Å². The highest BCUT2D eigenvalue weighted by Gasteiger charge is 2.08. The van der Waals surface area contributed by atoms with Crippen LogP contribution in [0.5, 0.6) is 0 Å². The van der Waals surface area contributed by atoms with Gasteiger partial charge in [0.05, 0.1) is 6.51 Å². The van der Waals surface area contributed by atoms with Crippen LogP contribution < -0.4 is 0 Å². The van der Waals surface area contributed by atoms with Gasteiger partial charge < -0.3 is 4.74 Å². The van der Waals surface area contributed by atoms with Gasteiger partial charge in [0.25, 0.3) is 0 Å². The minimum Gasteiger partial charge on any atom is -0.386 e. The summed E-state index contributed by atoms with van der Waals surface area (Å²) in [5.74, 6) is 0. The molecule has 0 saturated carbocycles. The molecule has 0 radical (unpaired) electrons. The van der Waals surface area contributed by atoms with Gasteiger partial charge in [-0.15, -0.1) is 0 Å². The van der Waals surface area contributed by atoms with Gasteiger partial charge in [0.2, 0.25) is 0 Å². The molecule has 36 valence electrons. The summed E-state index contributed by atoms with van der Waals surface area (Å²) in [6.45, 7) is -0.458.